The molecule has 0 spiro atoms. The molecule has 436 valence electrons. The molecule has 9 heteroatoms. The second-order valence-electron chi connectivity index (χ2n) is 23.9. The quantitative estimate of drug-likeness (QED) is 0.0243. The van der Waals surface area contributed by atoms with E-state index in [4.69, 9.17) is 9.05 Å². The first kappa shape index (κ1) is 72.2. The molecule has 0 aromatic heterocycles. The molecule has 0 rings (SSSR count). The number of allylic oxidation sites excluding steroid dienone is 1. The molecule has 0 aromatic carbocycles. The van der Waals surface area contributed by atoms with Crippen molar-refractivity contribution in [3.63, 3.8) is 0 Å². The number of phosphoric acid groups is 1. The van der Waals surface area contributed by atoms with Crippen LogP contribution in [-0.4, -0.2) is 73.4 Å². The van der Waals surface area contributed by atoms with Crippen LogP contribution in [0.15, 0.2) is 12.2 Å². The molecule has 0 bridgehead atoms. The molecule has 0 aliphatic rings. The molecule has 0 saturated carbocycles. The Balaban J connectivity index is 3.99. The van der Waals surface area contributed by atoms with Gasteiger partial charge in [-0.05, 0) is 19.3 Å². The van der Waals surface area contributed by atoms with E-state index < -0.39 is 20.0 Å². The molecule has 1 amide bonds. The van der Waals surface area contributed by atoms with Crippen LogP contribution in [0.4, 0.5) is 0 Å². The lowest BCUT2D eigenvalue weighted by Gasteiger charge is -2.25. The van der Waals surface area contributed by atoms with Crippen LogP contribution in [0.25, 0.3) is 0 Å². The van der Waals surface area contributed by atoms with Gasteiger partial charge in [0.1, 0.15) is 13.2 Å². The first-order valence-corrected chi connectivity index (χ1v) is 34.1. The number of rotatable bonds is 61. The predicted molar refractivity (Wildman–Crippen MR) is 319 cm³/mol. The fraction of sp³-hybridized carbons (Fsp3) is 0.953. The number of aliphatic hydroxyl groups is 1. The minimum Gasteiger partial charge on any atom is -0.387 e. The zero-order valence-corrected chi connectivity index (χ0v) is 50.8. The first-order chi connectivity index (χ1) is 35.5. The van der Waals surface area contributed by atoms with Gasteiger partial charge in [0.25, 0.3) is 0 Å². The number of carbonyl (C=O) groups excluding carboxylic acids is 1. The molecule has 73 heavy (non-hydrogen) atoms. The van der Waals surface area contributed by atoms with Gasteiger partial charge in [-0.1, -0.05) is 328 Å². The van der Waals surface area contributed by atoms with Crippen molar-refractivity contribution in [1.29, 1.82) is 0 Å². The molecule has 0 aromatic rings. The van der Waals surface area contributed by atoms with Crippen LogP contribution >= 0.6 is 7.82 Å². The maximum Gasteiger partial charge on any atom is 0.472 e. The Kier molecular flexibility index (Phi) is 55.4. The molecule has 3 unspecified atom stereocenters. The van der Waals surface area contributed by atoms with Gasteiger partial charge in [-0.3, -0.25) is 13.8 Å². The molecule has 0 aliphatic heterocycles. The van der Waals surface area contributed by atoms with Crippen LogP contribution in [-0.2, 0) is 18.4 Å². The average Bonchev–Trinajstić information content (AvgIpc) is 3.35. The van der Waals surface area contributed by atoms with Gasteiger partial charge >= 0.3 is 7.82 Å². The maximum absolute atomic E-state index is 13.0. The summed E-state index contributed by atoms with van der Waals surface area (Å²) in [5.41, 5.74) is 0. The lowest BCUT2D eigenvalue weighted by Crippen LogP contribution is -2.45. The van der Waals surface area contributed by atoms with Gasteiger partial charge in [-0.25, -0.2) is 4.57 Å². The molecule has 0 saturated heterocycles. The Morgan fingerprint density at radius 2 is 0.726 bits per heavy atom. The summed E-state index contributed by atoms with van der Waals surface area (Å²) in [6, 6.07) is -0.842. The third-order valence-corrected chi connectivity index (χ3v) is 16.2. The Bertz CT molecular complexity index is 1200. The maximum atomic E-state index is 13.0. The summed E-state index contributed by atoms with van der Waals surface area (Å²) in [7, 11) is 1.59. The summed E-state index contributed by atoms with van der Waals surface area (Å²) >= 11 is 0. The number of nitrogens with one attached hydrogen (secondary N) is 1. The molecule has 3 N–H and O–H groups in total. The van der Waals surface area contributed by atoms with Gasteiger partial charge < -0.3 is 19.8 Å². The molecule has 3 atom stereocenters. The molecule has 8 nitrogen and oxygen atoms in total. The normalized spacial score (nSPS) is 13.8. The van der Waals surface area contributed by atoms with E-state index >= 15 is 0 Å². The molecular formula is C64H130N2O6P+. The topological polar surface area (TPSA) is 105 Å². The number of unbranched alkanes of at least 4 members (excludes halogenated alkanes) is 48. The zero-order valence-electron chi connectivity index (χ0n) is 49.9. The predicted octanol–water partition coefficient (Wildman–Crippen LogP) is 20.2. The van der Waals surface area contributed by atoms with Crippen molar-refractivity contribution in [3.8, 4) is 0 Å². The van der Waals surface area contributed by atoms with Gasteiger partial charge in [-0.2, -0.15) is 0 Å². The lowest BCUT2D eigenvalue weighted by molar-refractivity contribution is -0.870. The third-order valence-electron chi connectivity index (χ3n) is 15.3. The number of quaternary nitrogens is 1. The van der Waals surface area contributed by atoms with Gasteiger partial charge in [0, 0.05) is 6.42 Å². The Labute approximate surface area is 456 Å². The number of amides is 1. The first-order valence-electron chi connectivity index (χ1n) is 32.6. The zero-order chi connectivity index (χ0) is 53.5. The van der Waals surface area contributed by atoms with Crippen LogP contribution in [0.5, 0.6) is 0 Å². The van der Waals surface area contributed by atoms with E-state index in [0.29, 0.717) is 17.4 Å². The van der Waals surface area contributed by atoms with Crippen molar-refractivity contribution in [2.75, 3.05) is 40.9 Å². The Hall–Kier alpha value is -0.760. The number of phosphoric ester groups is 1. The van der Waals surface area contributed by atoms with E-state index in [1.165, 1.54) is 289 Å². The molecule has 0 radical (unpaired) electrons. The number of hydrogen-bond acceptors (Lipinski definition) is 5. The number of hydrogen-bond donors (Lipinski definition) is 3. The Morgan fingerprint density at radius 3 is 1.01 bits per heavy atom. The highest BCUT2D eigenvalue weighted by atomic mass is 31.2. The summed E-state index contributed by atoms with van der Waals surface area (Å²) in [6.07, 6.45) is 70.6. The van der Waals surface area contributed by atoms with Crippen molar-refractivity contribution in [3.05, 3.63) is 12.2 Å². The monoisotopic (exact) mass is 1050 g/mol. The number of nitrogens with zero attached hydrogens (tertiary/aromatic N) is 1. The fourth-order valence-electron chi connectivity index (χ4n) is 10.2. The van der Waals surface area contributed by atoms with Crippen molar-refractivity contribution >= 4 is 13.7 Å². The molecular weight excluding hydrogens is 924 g/mol. The number of aliphatic hydroxyl groups excluding tert-OH is 1. The highest BCUT2D eigenvalue weighted by Crippen LogP contribution is 2.43. The van der Waals surface area contributed by atoms with E-state index in [1.54, 1.807) is 6.08 Å². The summed E-state index contributed by atoms with van der Waals surface area (Å²) < 4.78 is 23.8. The molecule has 0 heterocycles. The van der Waals surface area contributed by atoms with Crippen molar-refractivity contribution in [1.82, 2.24) is 5.32 Å². The van der Waals surface area contributed by atoms with Crippen LogP contribution in [0.2, 0.25) is 0 Å². The van der Waals surface area contributed by atoms with Gasteiger partial charge in [0.15, 0.2) is 0 Å². The van der Waals surface area contributed by atoms with Gasteiger partial charge in [0.2, 0.25) is 5.91 Å². The minimum atomic E-state index is -4.34. The SMILES string of the molecule is CCCCCCCCCCCCCCCCCC/C=C/C(O)C(COP(=O)(O)OCC[N+](C)(C)C)NC(=O)CCCCCCCCCCCCCCCCCCCCCCCCCCCCCCCCCCC. The van der Waals surface area contributed by atoms with Gasteiger partial charge in [-0.15, -0.1) is 0 Å². The fourth-order valence-corrected chi connectivity index (χ4v) is 10.9. The van der Waals surface area contributed by atoms with E-state index in [2.05, 4.69) is 19.2 Å². The molecule has 0 fully saturated rings. The van der Waals surface area contributed by atoms with Gasteiger partial charge in [0.05, 0.1) is 39.9 Å². The van der Waals surface area contributed by atoms with E-state index in [1.807, 2.05) is 27.2 Å². The highest BCUT2D eigenvalue weighted by molar-refractivity contribution is 7.47. The van der Waals surface area contributed by atoms with Crippen LogP contribution in [0, 0.1) is 0 Å². The van der Waals surface area contributed by atoms with Crippen molar-refractivity contribution < 1.29 is 32.9 Å². The summed E-state index contributed by atoms with van der Waals surface area (Å²) in [5, 5.41) is 14.0. The summed E-state index contributed by atoms with van der Waals surface area (Å²) in [4.78, 5) is 23.3. The summed E-state index contributed by atoms with van der Waals surface area (Å²) in [5.74, 6) is -0.168. The largest absolute Gasteiger partial charge is 0.472 e. The van der Waals surface area contributed by atoms with E-state index in [0.717, 1.165) is 32.1 Å². The number of carbonyl (C=O) groups is 1. The van der Waals surface area contributed by atoms with E-state index in [9.17, 15) is 19.4 Å². The average molecular weight is 1050 g/mol. The summed E-state index contributed by atoms with van der Waals surface area (Å²) in [6.45, 7) is 4.88. The molecule has 0 aliphatic carbocycles. The second kappa shape index (κ2) is 56.0. The van der Waals surface area contributed by atoms with Crippen molar-refractivity contribution in [2.45, 2.75) is 353 Å². The Morgan fingerprint density at radius 1 is 0.452 bits per heavy atom. The van der Waals surface area contributed by atoms with Crippen LogP contribution in [0.3, 0.4) is 0 Å². The second-order valence-corrected chi connectivity index (χ2v) is 25.3. The lowest BCUT2D eigenvalue weighted by atomic mass is 10.0. The smallest absolute Gasteiger partial charge is 0.387 e. The van der Waals surface area contributed by atoms with Crippen LogP contribution in [0.1, 0.15) is 341 Å². The third kappa shape index (κ3) is 58.8. The standard InChI is InChI=1S/C64H129N2O6P/c1-6-8-10-12-14-16-18-20-22-24-26-27-28-29-30-31-32-33-34-35-36-37-38-39-40-42-44-46-48-50-52-54-56-58-64(68)65-62(61-72-73(69,70)71-60-59-66(3,4)5)63(67)57-55-53-51-49-47-45-43-41-25-23-21-19-17-15-13-11-9-7-2/h55,57,62-63,67H,6-54,56,58-61H2,1-5H3,(H-,65,68,69,70)/p+1/b57-55+. The number of likely N-dealkylation sites (N-methyl/N-ethyl adjacent to an activating group) is 1. The van der Waals surface area contributed by atoms with Crippen molar-refractivity contribution in [2.24, 2.45) is 0 Å². The van der Waals surface area contributed by atoms with Crippen LogP contribution < -0.4 is 5.32 Å². The highest BCUT2D eigenvalue weighted by Gasteiger charge is 2.28. The minimum absolute atomic E-state index is 0.0653. The van der Waals surface area contributed by atoms with E-state index in [-0.39, 0.29) is 19.1 Å².